The summed E-state index contributed by atoms with van der Waals surface area (Å²) >= 11 is 0.0907. The molecule has 146 valence electrons. The fourth-order valence-corrected chi connectivity index (χ4v) is 4.36. The van der Waals surface area contributed by atoms with Crippen molar-refractivity contribution in [1.82, 2.24) is 9.71 Å². The summed E-state index contributed by atoms with van der Waals surface area (Å²) < 4.78 is 21.0. The quantitative estimate of drug-likeness (QED) is 0.436. The fraction of sp³-hybridized carbons (Fsp3) is 0.238. The number of aromatic nitrogens is 1. The highest BCUT2D eigenvalue weighted by atomic mass is 32.2. The van der Waals surface area contributed by atoms with Gasteiger partial charge in [-0.05, 0) is 37.6 Å². The second-order valence-electron chi connectivity index (χ2n) is 6.22. The van der Waals surface area contributed by atoms with Crippen LogP contribution < -0.4 is 4.72 Å². The molecule has 0 saturated carbocycles. The topological polar surface area (TPSA) is 74.3 Å². The summed E-state index contributed by atoms with van der Waals surface area (Å²) in [6, 6.07) is 14.8. The van der Waals surface area contributed by atoms with Crippen LogP contribution in [0.3, 0.4) is 0 Å². The molecule has 0 bridgehead atoms. The van der Waals surface area contributed by atoms with Crippen molar-refractivity contribution in [1.29, 1.82) is 0 Å². The van der Waals surface area contributed by atoms with E-state index in [1.165, 1.54) is 0 Å². The van der Waals surface area contributed by atoms with Crippen LogP contribution >= 0.6 is 11.3 Å². The lowest BCUT2D eigenvalue weighted by Crippen LogP contribution is -2.30. The predicted octanol–water partition coefficient (Wildman–Crippen LogP) is 4.43. The van der Waals surface area contributed by atoms with Crippen molar-refractivity contribution < 1.29 is 14.1 Å². The smallest absolute Gasteiger partial charge is 0.307 e. The van der Waals surface area contributed by atoms with Gasteiger partial charge in [-0.2, -0.15) is 0 Å². The van der Waals surface area contributed by atoms with E-state index in [4.69, 9.17) is 4.74 Å². The summed E-state index contributed by atoms with van der Waals surface area (Å²) in [6.07, 6.45) is 1.85. The van der Waals surface area contributed by atoms with Crippen LogP contribution in [0, 0.1) is 6.92 Å². The number of ether oxygens (including phenoxy) is 1. The van der Waals surface area contributed by atoms with Crippen molar-refractivity contribution in [2.75, 3.05) is 6.61 Å². The van der Waals surface area contributed by atoms with Gasteiger partial charge in [0.2, 0.25) is 0 Å². The number of esters is 1. The Morgan fingerprint density at radius 2 is 2.07 bits per heavy atom. The largest absolute Gasteiger partial charge is 0.593 e. The molecule has 1 N–H and O–H groups in total. The molecule has 1 aromatic heterocycles. The molecule has 0 spiro atoms. The number of thiazole rings is 1. The monoisotopic (exact) mass is 414 g/mol. The molecule has 0 saturated heterocycles. The number of carbonyl (C=O) groups is 1. The summed E-state index contributed by atoms with van der Waals surface area (Å²) in [5, 5.41) is 2.82. The molecule has 0 amide bonds. The van der Waals surface area contributed by atoms with E-state index in [1.807, 2.05) is 60.8 Å². The summed E-state index contributed by atoms with van der Waals surface area (Å²) in [4.78, 5) is 17.1. The Morgan fingerprint density at radius 3 is 2.75 bits per heavy atom. The maximum Gasteiger partial charge on any atom is 0.307 e. The van der Waals surface area contributed by atoms with Gasteiger partial charge in [-0.1, -0.05) is 35.9 Å². The fourth-order valence-electron chi connectivity index (χ4n) is 2.73. The number of nitrogens with zero attached hydrogens (tertiary/aromatic N) is 1. The minimum absolute atomic E-state index is 0.0900. The van der Waals surface area contributed by atoms with Gasteiger partial charge in [-0.25, -0.2) is 4.98 Å². The maximum absolute atomic E-state index is 12.8. The first-order chi connectivity index (χ1) is 13.6. The SMILES string of the molecule is CCOC(=O)C[C@H](N[S+]([O-])c1ccc(C)cc1)c1cccc(-c2nccs2)c1. The van der Waals surface area contributed by atoms with Crippen LogP contribution in [0.5, 0.6) is 0 Å². The van der Waals surface area contributed by atoms with E-state index in [1.54, 1.807) is 24.5 Å². The first-order valence-electron chi connectivity index (χ1n) is 8.97. The Morgan fingerprint density at radius 1 is 1.29 bits per heavy atom. The number of hydrogen-bond donors (Lipinski definition) is 1. The Labute approximate surface area is 172 Å². The van der Waals surface area contributed by atoms with Crippen molar-refractivity contribution >= 4 is 28.7 Å². The molecule has 0 aliphatic heterocycles. The second-order valence-corrected chi connectivity index (χ2v) is 8.36. The van der Waals surface area contributed by atoms with Gasteiger partial charge in [-0.15, -0.1) is 16.1 Å². The Hall–Kier alpha value is -2.19. The third-order valence-corrected chi connectivity index (χ3v) is 6.15. The first kappa shape index (κ1) is 20.5. The van der Waals surface area contributed by atoms with E-state index in [9.17, 15) is 9.35 Å². The van der Waals surface area contributed by atoms with Crippen molar-refractivity contribution in [2.45, 2.75) is 31.2 Å². The summed E-state index contributed by atoms with van der Waals surface area (Å²) in [5.74, 6) is -0.333. The van der Waals surface area contributed by atoms with Gasteiger partial charge in [-0.3, -0.25) is 4.79 Å². The molecule has 2 atom stereocenters. The van der Waals surface area contributed by atoms with Gasteiger partial charge < -0.3 is 9.29 Å². The van der Waals surface area contributed by atoms with E-state index < -0.39 is 17.4 Å². The molecule has 0 aliphatic rings. The highest BCUT2D eigenvalue weighted by molar-refractivity contribution is 7.89. The third kappa shape index (κ3) is 5.42. The van der Waals surface area contributed by atoms with Crippen LogP contribution in [0.25, 0.3) is 10.6 Å². The highest BCUT2D eigenvalue weighted by Crippen LogP contribution is 2.27. The standard InChI is InChI=1S/C21H22N2O3S2/c1-3-26-20(24)14-19(23-28(25)18-9-7-15(2)8-10-18)16-5-4-6-17(13-16)21-22-11-12-27-21/h4-13,19,23H,3,14H2,1-2H3/t19-,28?/m0/s1. The molecule has 1 unspecified atom stereocenters. The number of carbonyl (C=O) groups excluding carboxylic acids is 1. The molecule has 0 aliphatic carbocycles. The van der Waals surface area contributed by atoms with Crippen molar-refractivity contribution in [3.63, 3.8) is 0 Å². The van der Waals surface area contributed by atoms with Crippen molar-refractivity contribution in [2.24, 2.45) is 0 Å². The van der Waals surface area contributed by atoms with Crippen molar-refractivity contribution in [3.05, 3.63) is 71.2 Å². The molecule has 2 aromatic carbocycles. The average molecular weight is 415 g/mol. The average Bonchev–Trinajstić information content (AvgIpc) is 3.23. The van der Waals surface area contributed by atoms with E-state index >= 15 is 0 Å². The minimum Gasteiger partial charge on any atom is -0.593 e. The molecule has 3 rings (SSSR count). The third-order valence-electron chi connectivity index (χ3n) is 4.13. The van der Waals surface area contributed by atoms with Crippen LogP contribution in [0.15, 0.2) is 65.0 Å². The van der Waals surface area contributed by atoms with E-state index in [-0.39, 0.29) is 12.4 Å². The van der Waals surface area contributed by atoms with E-state index in [2.05, 4.69) is 9.71 Å². The van der Waals surface area contributed by atoms with Gasteiger partial charge in [0.05, 0.1) is 30.4 Å². The zero-order valence-corrected chi connectivity index (χ0v) is 17.4. The highest BCUT2D eigenvalue weighted by Gasteiger charge is 2.24. The lowest BCUT2D eigenvalue weighted by Gasteiger charge is -2.20. The molecular weight excluding hydrogens is 392 g/mol. The van der Waals surface area contributed by atoms with Gasteiger partial charge in [0.1, 0.15) is 5.01 Å². The van der Waals surface area contributed by atoms with Crippen molar-refractivity contribution in [3.8, 4) is 10.6 Å². The van der Waals surface area contributed by atoms with E-state index in [0.29, 0.717) is 11.5 Å². The van der Waals surface area contributed by atoms with Crippen LogP contribution in [0.4, 0.5) is 0 Å². The zero-order chi connectivity index (χ0) is 19.9. The van der Waals surface area contributed by atoms with Gasteiger partial charge >= 0.3 is 5.97 Å². The molecule has 7 heteroatoms. The normalized spacial score (nSPS) is 13.1. The lowest BCUT2D eigenvalue weighted by atomic mass is 10.0. The van der Waals surface area contributed by atoms with Gasteiger partial charge in [0.25, 0.3) is 0 Å². The van der Waals surface area contributed by atoms with Crippen LogP contribution in [-0.4, -0.2) is 22.1 Å². The molecular formula is C21H22N2O3S2. The summed E-state index contributed by atoms with van der Waals surface area (Å²) in [5.41, 5.74) is 2.92. The zero-order valence-electron chi connectivity index (χ0n) is 15.8. The van der Waals surface area contributed by atoms with E-state index in [0.717, 1.165) is 21.7 Å². The number of aryl methyl sites for hydroxylation is 1. The number of benzene rings is 2. The molecule has 0 radical (unpaired) electrons. The van der Waals surface area contributed by atoms with Crippen LogP contribution in [-0.2, 0) is 20.9 Å². The second kappa shape index (κ2) is 9.84. The molecule has 28 heavy (non-hydrogen) atoms. The molecule has 0 fully saturated rings. The van der Waals surface area contributed by atoms with Gasteiger partial charge in [0.15, 0.2) is 4.90 Å². The lowest BCUT2D eigenvalue weighted by molar-refractivity contribution is -0.143. The summed E-state index contributed by atoms with van der Waals surface area (Å²) in [6.45, 7) is 4.06. The molecule has 5 nitrogen and oxygen atoms in total. The Kier molecular flexibility index (Phi) is 7.22. The number of hydrogen-bond acceptors (Lipinski definition) is 6. The number of rotatable bonds is 8. The predicted molar refractivity (Wildman–Crippen MR) is 112 cm³/mol. The Balaban J connectivity index is 1.85. The minimum atomic E-state index is -1.46. The van der Waals surface area contributed by atoms with Crippen LogP contribution in [0.1, 0.15) is 30.5 Å². The molecule has 1 heterocycles. The number of nitrogens with one attached hydrogen (secondary N) is 1. The first-order valence-corrected chi connectivity index (χ1v) is 11.0. The maximum atomic E-state index is 12.8. The van der Waals surface area contributed by atoms with Gasteiger partial charge in [0, 0.05) is 17.1 Å². The summed E-state index contributed by atoms with van der Waals surface area (Å²) in [7, 11) is 0. The molecule has 3 aromatic rings. The van der Waals surface area contributed by atoms with Crippen LogP contribution in [0.2, 0.25) is 0 Å². The Bertz CT molecular complexity index is 898.